The van der Waals surface area contributed by atoms with Crippen LogP contribution in [-0.2, 0) is 17.1 Å². The first-order chi connectivity index (χ1) is 17.0. The van der Waals surface area contributed by atoms with Gasteiger partial charge in [0.1, 0.15) is 6.04 Å². The topological polar surface area (TPSA) is 91.3 Å². The fourth-order valence-corrected chi connectivity index (χ4v) is 2.51. The summed E-state index contributed by atoms with van der Waals surface area (Å²) in [6.45, 7) is 0.606. The Hall–Kier alpha value is -3.73. The average molecular weight is 573 g/mol. The second kappa shape index (κ2) is 11.8. The number of benzene rings is 1. The molecule has 2 aromatic rings. The highest BCUT2D eigenvalue weighted by atomic mass is 19.4. The maximum Gasteiger partial charge on any atom is 0.490 e. The fraction of sp³-hybridized carbons (Fsp3) is 0.350. The van der Waals surface area contributed by atoms with Crippen LogP contribution in [0.1, 0.15) is 35.3 Å². The minimum absolute atomic E-state index is 0.257. The van der Waals surface area contributed by atoms with Crippen LogP contribution >= 0.6 is 0 Å². The smallest absolute Gasteiger partial charge is 0.475 e. The van der Waals surface area contributed by atoms with Gasteiger partial charge in [0.25, 0.3) is 0 Å². The fourth-order valence-electron chi connectivity index (χ4n) is 2.51. The van der Waals surface area contributed by atoms with E-state index in [9.17, 15) is 57.5 Å². The number of carbonyl (C=O) groups excluding carboxylic acids is 1. The Labute approximate surface area is 204 Å². The van der Waals surface area contributed by atoms with E-state index in [0.29, 0.717) is 25.1 Å². The number of pyridine rings is 1. The summed E-state index contributed by atoms with van der Waals surface area (Å²) < 4.78 is 148. The molecule has 0 radical (unpaired) electrons. The third kappa shape index (κ3) is 9.62. The summed E-state index contributed by atoms with van der Waals surface area (Å²) in [5.74, 6) is -2.76. The molecule has 2 atom stereocenters. The van der Waals surface area contributed by atoms with Crippen LogP contribution in [0.2, 0.25) is 0 Å². The van der Waals surface area contributed by atoms with Gasteiger partial charge in [-0.1, -0.05) is 12.1 Å². The van der Waals surface area contributed by atoms with Crippen molar-refractivity contribution in [3.8, 4) is 0 Å². The van der Waals surface area contributed by atoms with Crippen LogP contribution < -0.4 is 10.6 Å². The van der Waals surface area contributed by atoms with Crippen molar-refractivity contribution in [2.24, 2.45) is 0 Å². The largest absolute Gasteiger partial charge is 0.490 e. The van der Waals surface area contributed by atoms with E-state index in [4.69, 9.17) is 9.90 Å². The molecule has 0 aliphatic heterocycles. The van der Waals surface area contributed by atoms with E-state index < -0.39 is 65.6 Å². The van der Waals surface area contributed by atoms with Crippen molar-refractivity contribution in [3.63, 3.8) is 0 Å². The van der Waals surface area contributed by atoms with E-state index in [0.717, 1.165) is 24.4 Å². The molecule has 3 N–H and O–H groups in total. The molecule has 0 aliphatic carbocycles. The number of aromatic nitrogens is 1. The van der Waals surface area contributed by atoms with E-state index in [1.807, 2.05) is 5.32 Å². The van der Waals surface area contributed by atoms with Gasteiger partial charge in [-0.3, -0.25) is 4.98 Å². The Morgan fingerprint density at radius 1 is 0.816 bits per heavy atom. The van der Waals surface area contributed by atoms with Gasteiger partial charge in [-0.15, -0.1) is 0 Å². The lowest BCUT2D eigenvalue weighted by atomic mass is 9.98. The van der Waals surface area contributed by atoms with Crippen LogP contribution in [0.15, 0.2) is 42.6 Å². The number of halogens is 12. The highest BCUT2D eigenvalue weighted by molar-refractivity contribution is 5.75. The number of hydrogen-bond acceptors (Lipinski definition) is 3. The van der Waals surface area contributed by atoms with Crippen LogP contribution in [0.3, 0.4) is 0 Å². The lowest BCUT2D eigenvalue weighted by molar-refractivity contribution is -0.192. The molecular formula is C20H15F12N3O3. The Bertz CT molecular complexity index is 1090. The van der Waals surface area contributed by atoms with Crippen molar-refractivity contribution in [1.29, 1.82) is 0 Å². The molecular weight excluding hydrogens is 558 g/mol. The number of alkyl halides is 12. The van der Waals surface area contributed by atoms with Crippen molar-refractivity contribution in [2.45, 2.75) is 43.7 Å². The van der Waals surface area contributed by atoms with E-state index in [-0.39, 0.29) is 5.56 Å². The van der Waals surface area contributed by atoms with Gasteiger partial charge >= 0.3 is 36.7 Å². The number of carbonyl (C=O) groups is 2. The van der Waals surface area contributed by atoms with Gasteiger partial charge < -0.3 is 15.7 Å². The molecule has 2 amide bonds. The molecule has 1 aromatic carbocycles. The first-order valence-electron chi connectivity index (χ1n) is 9.68. The Balaban J connectivity index is 0.000000905. The molecule has 1 aromatic heterocycles. The number of nitrogens with one attached hydrogen (secondary N) is 2. The average Bonchev–Trinajstić information content (AvgIpc) is 2.75. The monoisotopic (exact) mass is 573 g/mol. The lowest BCUT2D eigenvalue weighted by Gasteiger charge is -2.24. The highest BCUT2D eigenvalue weighted by Gasteiger charge is 2.40. The lowest BCUT2D eigenvalue weighted by Crippen LogP contribution is -2.48. The van der Waals surface area contributed by atoms with Gasteiger partial charge in [0.05, 0.1) is 22.9 Å². The molecule has 0 fully saturated rings. The maximum absolute atomic E-state index is 13.4. The normalized spacial score (nSPS) is 14.0. The third-order valence-corrected chi connectivity index (χ3v) is 4.35. The zero-order chi connectivity index (χ0) is 29.7. The molecule has 18 heteroatoms. The summed E-state index contributed by atoms with van der Waals surface area (Å²) in [4.78, 5) is 24.5. The molecule has 212 valence electrons. The van der Waals surface area contributed by atoms with Crippen molar-refractivity contribution < 1.29 is 67.4 Å². The summed E-state index contributed by atoms with van der Waals surface area (Å²) >= 11 is 0. The SMILES string of the molecule is C[C@H](NC(=O)N[C@@H](c1ccc(C(F)(F)F)cc1)c1ncccc1C(F)(F)F)C(F)(F)F.O=C(O)C(F)(F)F. The predicted octanol–water partition coefficient (Wildman–Crippen LogP) is 6.09. The summed E-state index contributed by atoms with van der Waals surface area (Å²) in [5.41, 5.74) is -3.48. The summed E-state index contributed by atoms with van der Waals surface area (Å²) in [6.07, 6.45) is -18.7. The molecule has 1 heterocycles. The molecule has 38 heavy (non-hydrogen) atoms. The molecule has 0 bridgehead atoms. The van der Waals surface area contributed by atoms with Crippen LogP contribution in [0.4, 0.5) is 57.5 Å². The number of nitrogens with zero attached hydrogens (tertiary/aromatic N) is 1. The Morgan fingerprint density at radius 2 is 1.32 bits per heavy atom. The van der Waals surface area contributed by atoms with E-state index in [2.05, 4.69) is 4.98 Å². The second-order valence-electron chi connectivity index (χ2n) is 7.17. The third-order valence-electron chi connectivity index (χ3n) is 4.35. The van der Waals surface area contributed by atoms with Gasteiger partial charge in [-0.2, -0.15) is 52.7 Å². The van der Waals surface area contributed by atoms with Gasteiger partial charge in [-0.25, -0.2) is 9.59 Å². The second-order valence-corrected chi connectivity index (χ2v) is 7.17. The number of rotatable bonds is 4. The zero-order valence-electron chi connectivity index (χ0n) is 18.4. The van der Waals surface area contributed by atoms with Gasteiger partial charge in [-0.05, 0) is 36.8 Å². The van der Waals surface area contributed by atoms with Gasteiger partial charge in [0.2, 0.25) is 0 Å². The number of carboxylic acid groups (broad SMARTS) is 1. The first kappa shape index (κ1) is 32.3. The maximum atomic E-state index is 13.4. The predicted molar refractivity (Wildman–Crippen MR) is 103 cm³/mol. The summed E-state index contributed by atoms with van der Waals surface area (Å²) in [7, 11) is 0. The molecule has 0 saturated heterocycles. The Morgan fingerprint density at radius 3 is 1.71 bits per heavy atom. The molecule has 2 rings (SSSR count). The van der Waals surface area contributed by atoms with Gasteiger partial charge in [0, 0.05) is 6.20 Å². The molecule has 0 saturated carbocycles. The molecule has 0 unspecified atom stereocenters. The standard InChI is InChI=1S/C18H14F9N3O.C2HF3O2/c1-9(16(19,20)21)29-15(31)30-13(10-4-6-11(7-5-10)17(22,23)24)14-12(18(25,26)27)3-2-8-28-14;3-2(4,5)1(6)7/h2-9,13H,1H3,(H2,29,30,31);(H,6,7)/t9-,13-;/m0./s1. The summed E-state index contributed by atoms with van der Waals surface area (Å²) in [6, 6.07) is -1.32. The molecule has 0 aliphatic rings. The number of hydrogen-bond donors (Lipinski definition) is 3. The van der Waals surface area contributed by atoms with Crippen molar-refractivity contribution in [3.05, 3.63) is 65.0 Å². The minimum atomic E-state index is -5.08. The van der Waals surface area contributed by atoms with Crippen LogP contribution in [0.5, 0.6) is 0 Å². The van der Waals surface area contributed by atoms with Gasteiger partial charge in [0.15, 0.2) is 0 Å². The van der Waals surface area contributed by atoms with E-state index >= 15 is 0 Å². The van der Waals surface area contributed by atoms with Crippen LogP contribution in [-0.4, -0.2) is 40.5 Å². The van der Waals surface area contributed by atoms with E-state index in [1.165, 1.54) is 5.32 Å². The van der Waals surface area contributed by atoms with E-state index in [1.54, 1.807) is 0 Å². The minimum Gasteiger partial charge on any atom is -0.475 e. The van der Waals surface area contributed by atoms with Crippen LogP contribution in [0.25, 0.3) is 0 Å². The quantitative estimate of drug-likeness (QED) is 0.386. The number of carboxylic acids is 1. The number of aliphatic carboxylic acids is 1. The van der Waals surface area contributed by atoms with Crippen molar-refractivity contribution in [2.75, 3.05) is 0 Å². The van der Waals surface area contributed by atoms with Crippen LogP contribution in [0, 0.1) is 0 Å². The molecule has 6 nitrogen and oxygen atoms in total. The molecule has 0 spiro atoms. The Kier molecular flexibility index (Phi) is 10.00. The first-order valence-corrected chi connectivity index (χ1v) is 9.68. The zero-order valence-corrected chi connectivity index (χ0v) is 18.4. The van der Waals surface area contributed by atoms with Crippen molar-refractivity contribution in [1.82, 2.24) is 15.6 Å². The highest BCUT2D eigenvalue weighted by Crippen LogP contribution is 2.36. The number of amides is 2. The van der Waals surface area contributed by atoms with Crippen molar-refractivity contribution >= 4 is 12.0 Å². The number of urea groups is 1. The summed E-state index contributed by atoms with van der Waals surface area (Å²) in [5, 5.41) is 10.6.